The quantitative estimate of drug-likeness (QED) is 0.0475. The van der Waals surface area contributed by atoms with Crippen molar-refractivity contribution in [3.8, 4) is 0 Å². The molecule has 0 aliphatic carbocycles. The van der Waals surface area contributed by atoms with Crippen LogP contribution >= 0.6 is 0 Å². The maximum atomic E-state index is 12.0. The molecular formula is C42H70O56S7. The molecule has 0 aromatic heterocycles. The Morgan fingerprint density at radius 1 is 0.171 bits per heavy atom. The molecule has 21 aliphatic rings. The molecular weight excluding hydrogens is 1620 g/mol. The van der Waals surface area contributed by atoms with Crippen LogP contribution in [0.5, 0.6) is 0 Å². The molecule has 0 amide bonds. The Labute approximate surface area is 589 Å². The van der Waals surface area contributed by atoms with Gasteiger partial charge in [-0.05, 0) is 0 Å². The minimum Gasteiger partial charge on any atom is -0.387 e. The van der Waals surface area contributed by atoms with Crippen LogP contribution in [0, 0.1) is 0 Å². The van der Waals surface area contributed by atoms with Gasteiger partial charge < -0.3 is 138 Å². The zero-order valence-electron chi connectivity index (χ0n) is 51.7. The van der Waals surface area contributed by atoms with Crippen molar-refractivity contribution in [2.24, 2.45) is 0 Å². The van der Waals surface area contributed by atoms with Crippen molar-refractivity contribution in [2.75, 3.05) is 46.2 Å². The lowest BCUT2D eigenvalue weighted by Crippen LogP contribution is -2.68. The molecule has 0 radical (unpaired) electrons. The van der Waals surface area contributed by atoms with Gasteiger partial charge in [0.05, 0.1) is 46.2 Å². The second-order valence-electron chi connectivity index (χ2n) is 23.4. The molecule has 21 saturated heterocycles. The maximum absolute atomic E-state index is 12.0. The molecule has 0 spiro atoms. The fourth-order valence-electron chi connectivity index (χ4n) is 11.4. The summed E-state index contributed by atoms with van der Waals surface area (Å²) in [6.07, 6.45) is -93.1. The third-order valence-corrected chi connectivity index (χ3v) is 19.2. The second kappa shape index (κ2) is 34.7. The Balaban J connectivity index is 1.23. The van der Waals surface area contributed by atoms with E-state index >= 15 is 0 Å². The lowest BCUT2D eigenvalue weighted by molar-refractivity contribution is -0.395. The van der Waals surface area contributed by atoms with Gasteiger partial charge in [-0.2, -0.15) is 58.9 Å². The highest BCUT2D eigenvalue weighted by Gasteiger charge is 2.61. The summed E-state index contributed by atoms with van der Waals surface area (Å²) in [4.78, 5) is 0. The topological polar surface area (TPSA) is 858 Å². The summed E-state index contributed by atoms with van der Waals surface area (Å²) in [5.74, 6) is 0. The molecule has 63 heteroatoms. The van der Waals surface area contributed by atoms with E-state index in [0.717, 1.165) is 0 Å². The number of hydrogen-bond acceptors (Lipinski definition) is 49. The van der Waals surface area contributed by atoms with Gasteiger partial charge >= 0.3 is 72.8 Å². The summed E-state index contributed by atoms with van der Waals surface area (Å²) >= 11 is 0. The largest absolute Gasteiger partial charge is 0.397 e. The molecule has 105 heavy (non-hydrogen) atoms. The van der Waals surface area contributed by atoms with E-state index in [1.807, 2.05) is 0 Å². The molecule has 21 heterocycles. The second-order valence-corrected chi connectivity index (χ2v) is 31.0. The summed E-state index contributed by atoms with van der Waals surface area (Å²) in [6, 6.07) is 0. The third-order valence-electron chi connectivity index (χ3n) is 16.2. The van der Waals surface area contributed by atoms with E-state index in [0.29, 0.717) is 0 Å². The molecule has 21 rings (SSSR count). The highest BCUT2D eigenvalue weighted by molar-refractivity contribution is 7.82. The monoisotopic (exact) mass is 1690 g/mol. The Morgan fingerprint density at radius 2 is 0.267 bits per heavy atom. The highest BCUT2D eigenvalue weighted by atomic mass is 32.3. The van der Waals surface area contributed by atoms with Crippen LogP contribution in [0.1, 0.15) is 0 Å². The van der Waals surface area contributed by atoms with Gasteiger partial charge in [0.2, 0.25) is 0 Å². The molecule has 35 atom stereocenters. The molecule has 21 aliphatic heterocycles. The van der Waals surface area contributed by atoms with E-state index in [1.54, 1.807) is 0 Å². The number of aliphatic hydroxyl groups excluding tert-OH is 14. The molecule has 616 valence electrons. The van der Waals surface area contributed by atoms with Crippen molar-refractivity contribution in [1.82, 2.24) is 0 Å². The van der Waals surface area contributed by atoms with Crippen LogP contribution < -0.4 is 0 Å². The Morgan fingerprint density at radius 3 is 0.352 bits per heavy atom. The van der Waals surface area contributed by atoms with Crippen LogP contribution in [-0.2, 0) is 168 Å². The fraction of sp³-hybridized carbons (Fsp3) is 1.00. The van der Waals surface area contributed by atoms with Crippen LogP contribution in [0.4, 0.5) is 0 Å². The highest BCUT2D eigenvalue weighted by Crippen LogP contribution is 2.40. The SMILES string of the molecule is O=S(=O)(O)OC[C@H]1O[C@@H]2O[C@H]3[C@H](O)[C@@H](O)[C@@H](O[C@H]4[C@H](O)[C@@H](O)[C@@H](O[C@H]5[C@H](O)[C@@H](O)[C@@H](O[C@H]6[C@H](O)[C@@H](O)[C@@H](O[C@H]7[C@H](O)[C@@H](O)[C@@H](O[C@H]8[C@H](O)[C@@H](O)C(O[C@H]1[C@H](O)[C@H]2O)O[C@@H]8COS(=O)(=O)O)O[C@@H]7COS(=O)(=O)O)O[C@@H]6COS(=O)(=O)O)O[C@@H]5COS(=O)(=O)O)O[C@@H]4COS(=O)(=O)O)O[C@@H]3COS(=O)(=O)O. The van der Waals surface area contributed by atoms with Crippen molar-refractivity contribution in [1.29, 1.82) is 0 Å². The smallest absolute Gasteiger partial charge is 0.387 e. The van der Waals surface area contributed by atoms with Crippen LogP contribution in [0.3, 0.4) is 0 Å². The molecule has 56 nitrogen and oxygen atoms in total. The molecule has 21 fully saturated rings. The van der Waals surface area contributed by atoms with E-state index in [1.165, 1.54) is 0 Å². The average molecular weight is 1700 g/mol. The fourth-order valence-corrected chi connectivity index (χ4v) is 13.5. The molecule has 0 aromatic rings. The average Bonchev–Trinajstić information content (AvgIpc) is 0.789. The van der Waals surface area contributed by atoms with Gasteiger partial charge in [-0.25, -0.2) is 29.3 Å². The first-order valence-electron chi connectivity index (χ1n) is 29.2. The van der Waals surface area contributed by atoms with Crippen molar-refractivity contribution in [3.05, 3.63) is 0 Å². The van der Waals surface area contributed by atoms with Gasteiger partial charge in [-0.15, -0.1) is 0 Å². The zero-order chi connectivity index (χ0) is 78.5. The Hall–Kier alpha value is -2.03. The molecule has 0 aromatic carbocycles. The predicted octanol–water partition coefficient (Wildman–Crippen LogP) is -16.4. The molecule has 14 bridgehead atoms. The van der Waals surface area contributed by atoms with E-state index in [9.17, 15) is 162 Å². The number of hydrogen-bond donors (Lipinski definition) is 21. The van der Waals surface area contributed by atoms with Crippen molar-refractivity contribution in [2.45, 2.75) is 215 Å². The zero-order valence-corrected chi connectivity index (χ0v) is 57.4. The predicted molar refractivity (Wildman–Crippen MR) is 301 cm³/mol. The first-order chi connectivity index (χ1) is 48.2. The molecule has 1 unspecified atom stereocenters. The molecule has 21 N–H and O–H groups in total. The van der Waals surface area contributed by atoms with Crippen LogP contribution in [0.25, 0.3) is 0 Å². The third kappa shape index (κ3) is 23.6. The maximum Gasteiger partial charge on any atom is 0.397 e. The van der Waals surface area contributed by atoms with Crippen LogP contribution in [0.15, 0.2) is 0 Å². The van der Waals surface area contributed by atoms with Gasteiger partial charge in [0.25, 0.3) is 0 Å². The van der Waals surface area contributed by atoms with Gasteiger partial charge in [0, 0.05) is 0 Å². The summed E-state index contributed by atoms with van der Waals surface area (Å²) in [5.41, 5.74) is 0. The summed E-state index contributed by atoms with van der Waals surface area (Å²) in [5, 5.41) is 163. The minimum atomic E-state index is -5.67. The number of ether oxygens (including phenoxy) is 14. The van der Waals surface area contributed by atoms with Crippen molar-refractivity contribution < 1.29 is 258 Å². The number of rotatable bonds is 21. The van der Waals surface area contributed by atoms with E-state index in [4.69, 9.17) is 66.3 Å². The first-order valence-corrected chi connectivity index (χ1v) is 38.8. The summed E-state index contributed by atoms with van der Waals surface area (Å²) in [7, 11) is -39.7. The molecule has 0 saturated carbocycles. The van der Waals surface area contributed by atoms with Crippen LogP contribution in [-0.4, -0.2) is 423 Å². The normalized spacial score (nSPS) is 44.9. The Bertz CT molecular complexity index is 3040. The Kier molecular flexibility index (Phi) is 29.3. The van der Waals surface area contributed by atoms with Gasteiger partial charge in [0.1, 0.15) is 171 Å². The lowest BCUT2D eigenvalue weighted by atomic mass is 9.95. The van der Waals surface area contributed by atoms with Gasteiger partial charge in [-0.1, -0.05) is 0 Å². The van der Waals surface area contributed by atoms with Gasteiger partial charge in [-0.3, -0.25) is 31.9 Å². The summed E-state index contributed by atoms with van der Waals surface area (Å²) in [6.45, 7) is -11.6. The minimum absolute atomic E-state index is 1.65. The number of aliphatic hydroxyl groups is 14. The van der Waals surface area contributed by atoms with Crippen LogP contribution in [0.2, 0.25) is 0 Å². The van der Waals surface area contributed by atoms with E-state index in [2.05, 4.69) is 29.3 Å². The van der Waals surface area contributed by atoms with Gasteiger partial charge in [0.15, 0.2) is 44.0 Å². The van der Waals surface area contributed by atoms with E-state index < -0.39 is 334 Å². The van der Waals surface area contributed by atoms with Crippen molar-refractivity contribution in [3.63, 3.8) is 0 Å². The standard InChI is InChI=1S/C42H70O56S7/c43-15-22(50)36-85-8(1-78-99(57,58)59)29(15)92-37-23(51)16(44)31(10(86-37)3-80-101(63,64)65)94-39-25(53)18(46)33(12(88-39)5-82-103(69,70)71)96-41-27(55)20(48)35(14(90-41)7-84-105(75,76)77)98-42-28(56)21(49)34(13(91-42)6-83-104(72,73)74)97-40-26(54)19(47)32(11(89-40)4-81-102(66,67)68)95-38-24(52)17(45)30(93-36)9(87-38)2-79-100(60,61)62/h8-56H,1-7H2,(H,57,58,59)(H,60,61,62)(H,63,64,65)(H,66,67,68)(H,69,70,71)(H,72,73,74)(H,75,76,77)/t8-,9-,10-,11-,12-,13-,14-,15-,16-,17-,18-,19-,20-,21-,22-,23-,24-,25-,26-,27-,28-,29-,30-,31-,32-,33-,34-,35-,36-,37-,38-,39-,40-,41-,42?/m1/s1. The lowest BCUT2D eigenvalue weighted by Gasteiger charge is -2.50. The summed E-state index contributed by atoms with van der Waals surface area (Å²) < 4.78 is 343. The van der Waals surface area contributed by atoms with Crippen molar-refractivity contribution >= 4 is 72.8 Å². The van der Waals surface area contributed by atoms with E-state index in [-0.39, 0.29) is 0 Å². The first kappa shape index (κ1) is 88.5.